The minimum Gasteiger partial charge on any atom is -0.325 e. The van der Waals surface area contributed by atoms with E-state index in [2.05, 4.69) is 10.3 Å². The summed E-state index contributed by atoms with van der Waals surface area (Å²) < 4.78 is 0. The molecular weight excluding hydrogens is 295 g/mol. The third-order valence-corrected chi connectivity index (χ3v) is 3.50. The van der Waals surface area contributed by atoms with Crippen molar-refractivity contribution in [2.45, 2.75) is 19.3 Å². The van der Waals surface area contributed by atoms with Gasteiger partial charge in [-0.1, -0.05) is 36.2 Å². The summed E-state index contributed by atoms with van der Waals surface area (Å²) in [6.45, 7) is 1.99. The van der Waals surface area contributed by atoms with Crippen molar-refractivity contribution in [1.29, 1.82) is 0 Å². The Balaban J connectivity index is 1.99. The second-order valence-electron chi connectivity index (χ2n) is 4.56. The highest BCUT2D eigenvalue weighted by molar-refractivity contribution is 6.36. The van der Waals surface area contributed by atoms with Gasteiger partial charge in [-0.05, 0) is 35.7 Å². The quantitative estimate of drug-likeness (QED) is 0.902. The summed E-state index contributed by atoms with van der Waals surface area (Å²) in [6, 6.07) is 8.80. The molecule has 0 aliphatic rings. The Kier molecular flexibility index (Phi) is 4.99. The predicted molar refractivity (Wildman–Crippen MR) is 82.4 cm³/mol. The van der Waals surface area contributed by atoms with E-state index in [4.69, 9.17) is 23.2 Å². The molecule has 104 valence electrons. The molecule has 1 aromatic heterocycles. The zero-order valence-corrected chi connectivity index (χ0v) is 12.4. The van der Waals surface area contributed by atoms with Crippen molar-refractivity contribution in [3.63, 3.8) is 0 Å². The monoisotopic (exact) mass is 308 g/mol. The average Bonchev–Trinajstić information content (AvgIpc) is 2.43. The Labute approximate surface area is 127 Å². The third-order valence-electron chi connectivity index (χ3n) is 2.95. The average molecular weight is 309 g/mol. The third kappa shape index (κ3) is 3.95. The maximum absolute atomic E-state index is 12.0. The van der Waals surface area contributed by atoms with E-state index in [9.17, 15) is 4.79 Å². The lowest BCUT2D eigenvalue weighted by Crippen LogP contribution is -2.14. The molecule has 0 fully saturated rings. The van der Waals surface area contributed by atoms with Crippen LogP contribution in [-0.2, 0) is 4.79 Å². The van der Waals surface area contributed by atoms with E-state index >= 15 is 0 Å². The van der Waals surface area contributed by atoms with Gasteiger partial charge in [0.15, 0.2) is 0 Å². The van der Waals surface area contributed by atoms with Crippen LogP contribution < -0.4 is 5.32 Å². The molecule has 1 unspecified atom stereocenters. The molecule has 5 heteroatoms. The molecule has 20 heavy (non-hydrogen) atoms. The van der Waals surface area contributed by atoms with Crippen LogP contribution in [-0.4, -0.2) is 10.9 Å². The first kappa shape index (κ1) is 14.8. The molecule has 0 radical (unpaired) electrons. The maximum atomic E-state index is 12.0. The van der Waals surface area contributed by atoms with Crippen molar-refractivity contribution < 1.29 is 4.79 Å². The second-order valence-corrected chi connectivity index (χ2v) is 5.41. The van der Waals surface area contributed by atoms with Crippen LogP contribution in [0.15, 0.2) is 42.7 Å². The SMILES string of the molecule is CC(CC(=O)Nc1ccc(Cl)cc1Cl)c1cccnc1. The summed E-state index contributed by atoms with van der Waals surface area (Å²) in [5.74, 6) is 0.000325. The second kappa shape index (κ2) is 6.73. The molecule has 0 saturated carbocycles. The number of hydrogen-bond donors (Lipinski definition) is 1. The highest BCUT2D eigenvalue weighted by Gasteiger charge is 2.12. The van der Waals surface area contributed by atoms with Gasteiger partial charge in [-0.3, -0.25) is 9.78 Å². The highest BCUT2D eigenvalue weighted by Crippen LogP contribution is 2.26. The summed E-state index contributed by atoms with van der Waals surface area (Å²) in [6.07, 6.45) is 3.85. The first-order chi connectivity index (χ1) is 9.56. The molecule has 0 aliphatic carbocycles. The number of nitrogens with one attached hydrogen (secondary N) is 1. The van der Waals surface area contributed by atoms with Gasteiger partial charge in [0.2, 0.25) is 5.91 Å². The van der Waals surface area contributed by atoms with E-state index in [1.54, 1.807) is 30.6 Å². The molecule has 2 rings (SSSR count). The Morgan fingerprint density at radius 2 is 2.15 bits per heavy atom. The van der Waals surface area contributed by atoms with Gasteiger partial charge in [-0.25, -0.2) is 0 Å². The summed E-state index contributed by atoms with van der Waals surface area (Å²) in [5, 5.41) is 3.76. The number of aromatic nitrogens is 1. The van der Waals surface area contributed by atoms with Crippen LogP contribution in [0, 0.1) is 0 Å². The van der Waals surface area contributed by atoms with E-state index in [0.29, 0.717) is 22.2 Å². The molecule has 3 nitrogen and oxygen atoms in total. The molecule has 0 saturated heterocycles. The van der Waals surface area contributed by atoms with Crippen LogP contribution in [0.25, 0.3) is 0 Å². The van der Waals surface area contributed by atoms with E-state index in [0.717, 1.165) is 5.56 Å². The van der Waals surface area contributed by atoms with Gasteiger partial charge in [0.1, 0.15) is 0 Å². The van der Waals surface area contributed by atoms with E-state index in [1.807, 2.05) is 19.1 Å². The fourth-order valence-corrected chi connectivity index (χ4v) is 2.31. The van der Waals surface area contributed by atoms with Crippen LogP contribution in [0.5, 0.6) is 0 Å². The van der Waals surface area contributed by atoms with Crippen molar-refractivity contribution in [3.05, 3.63) is 58.3 Å². The van der Waals surface area contributed by atoms with Crippen LogP contribution in [0.1, 0.15) is 24.8 Å². The lowest BCUT2D eigenvalue weighted by atomic mass is 9.99. The number of carbonyl (C=O) groups excluding carboxylic acids is 1. The molecular formula is C15H14Cl2N2O. The number of hydrogen-bond acceptors (Lipinski definition) is 2. The Bertz CT molecular complexity index is 602. The first-order valence-corrected chi connectivity index (χ1v) is 6.96. The first-order valence-electron chi connectivity index (χ1n) is 6.21. The molecule has 1 heterocycles. The molecule has 1 atom stereocenters. The number of rotatable bonds is 4. The zero-order chi connectivity index (χ0) is 14.5. The minimum absolute atomic E-state index is 0.0921. The van der Waals surface area contributed by atoms with Gasteiger partial charge in [0.25, 0.3) is 0 Å². The number of halogens is 2. The number of anilines is 1. The van der Waals surface area contributed by atoms with E-state index in [-0.39, 0.29) is 11.8 Å². The molecule has 1 amide bonds. The molecule has 1 N–H and O–H groups in total. The molecule has 0 spiro atoms. The summed E-state index contributed by atoms with van der Waals surface area (Å²) in [7, 11) is 0. The standard InChI is InChI=1S/C15H14Cl2N2O/c1-10(11-3-2-6-18-9-11)7-15(20)19-14-5-4-12(16)8-13(14)17/h2-6,8-10H,7H2,1H3,(H,19,20). The maximum Gasteiger partial charge on any atom is 0.225 e. The molecule has 1 aromatic carbocycles. The normalized spacial score (nSPS) is 11.9. The number of amides is 1. The van der Waals surface area contributed by atoms with Gasteiger partial charge in [-0.15, -0.1) is 0 Å². The van der Waals surface area contributed by atoms with Crippen LogP contribution in [0.4, 0.5) is 5.69 Å². The van der Waals surface area contributed by atoms with Crippen molar-refractivity contribution >= 4 is 34.8 Å². The van der Waals surface area contributed by atoms with Crippen molar-refractivity contribution in [3.8, 4) is 0 Å². The van der Waals surface area contributed by atoms with Crippen molar-refractivity contribution in [1.82, 2.24) is 4.98 Å². The topological polar surface area (TPSA) is 42.0 Å². The van der Waals surface area contributed by atoms with Crippen LogP contribution in [0.3, 0.4) is 0 Å². The number of nitrogens with zero attached hydrogens (tertiary/aromatic N) is 1. The molecule has 2 aromatic rings. The Morgan fingerprint density at radius 3 is 2.80 bits per heavy atom. The number of benzene rings is 1. The van der Waals surface area contributed by atoms with Crippen LogP contribution in [0.2, 0.25) is 10.0 Å². The minimum atomic E-state index is -0.0921. The van der Waals surface area contributed by atoms with Gasteiger partial charge < -0.3 is 5.32 Å². The molecule has 0 bridgehead atoms. The van der Waals surface area contributed by atoms with Crippen LogP contribution >= 0.6 is 23.2 Å². The lowest BCUT2D eigenvalue weighted by Gasteiger charge is -2.12. The Morgan fingerprint density at radius 1 is 1.35 bits per heavy atom. The van der Waals surface area contributed by atoms with Crippen molar-refractivity contribution in [2.75, 3.05) is 5.32 Å². The van der Waals surface area contributed by atoms with Gasteiger partial charge in [0, 0.05) is 23.8 Å². The lowest BCUT2D eigenvalue weighted by molar-refractivity contribution is -0.116. The van der Waals surface area contributed by atoms with Gasteiger partial charge in [-0.2, -0.15) is 0 Å². The van der Waals surface area contributed by atoms with E-state index < -0.39 is 0 Å². The summed E-state index contributed by atoms with van der Waals surface area (Å²) in [5.41, 5.74) is 1.60. The fraction of sp³-hybridized carbons (Fsp3) is 0.200. The number of pyridine rings is 1. The largest absolute Gasteiger partial charge is 0.325 e. The predicted octanol–water partition coefficient (Wildman–Crippen LogP) is 4.52. The highest BCUT2D eigenvalue weighted by atomic mass is 35.5. The Hall–Kier alpha value is -1.58. The van der Waals surface area contributed by atoms with Gasteiger partial charge >= 0.3 is 0 Å². The molecule has 0 aliphatic heterocycles. The summed E-state index contributed by atoms with van der Waals surface area (Å²) >= 11 is 11.8. The smallest absolute Gasteiger partial charge is 0.225 e. The summed E-state index contributed by atoms with van der Waals surface area (Å²) in [4.78, 5) is 16.1. The van der Waals surface area contributed by atoms with Crippen molar-refractivity contribution in [2.24, 2.45) is 0 Å². The number of carbonyl (C=O) groups is 1. The van der Waals surface area contributed by atoms with E-state index in [1.165, 1.54) is 0 Å². The fourth-order valence-electron chi connectivity index (χ4n) is 1.86. The van der Waals surface area contributed by atoms with Gasteiger partial charge in [0.05, 0.1) is 10.7 Å². The zero-order valence-electron chi connectivity index (χ0n) is 10.9.